The molecule has 0 aliphatic carbocycles. The third-order valence-electron chi connectivity index (χ3n) is 7.28. The van der Waals surface area contributed by atoms with E-state index in [-0.39, 0.29) is 28.6 Å². The van der Waals surface area contributed by atoms with Crippen LogP contribution in [0.25, 0.3) is 5.65 Å². The number of hydrazine groups is 1. The Balaban J connectivity index is 1.22. The summed E-state index contributed by atoms with van der Waals surface area (Å²) in [6.07, 6.45) is 4.84. The van der Waals surface area contributed by atoms with E-state index >= 15 is 0 Å². The number of benzene rings is 1. The molecule has 2 aliphatic heterocycles. The number of ether oxygens (including phenoxy) is 1. The van der Waals surface area contributed by atoms with Gasteiger partial charge in [-0.1, -0.05) is 0 Å². The lowest BCUT2D eigenvalue weighted by Crippen LogP contribution is -2.48. The van der Waals surface area contributed by atoms with Gasteiger partial charge in [0.05, 0.1) is 12.2 Å². The van der Waals surface area contributed by atoms with Crippen LogP contribution in [-0.2, 0) is 9.53 Å². The smallest absolute Gasteiger partial charge is 0.410 e. The molecule has 218 valence electrons. The number of fused-ring (bicyclic) bond motifs is 1. The van der Waals surface area contributed by atoms with Gasteiger partial charge in [0, 0.05) is 37.3 Å². The predicted octanol–water partition coefficient (Wildman–Crippen LogP) is 3.76. The molecule has 3 aromatic rings. The maximum atomic E-state index is 14.5. The second kappa shape index (κ2) is 11.3. The van der Waals surface area contributed by atoms with E-state index in [0.717, 1.165) is 18.6 Å². The van der Waals surface area contributed by atoms with Gasteiger partial charge >= 0.3 is 6.09 Å². The third kappa shape index (κ3) is 6.23. The van der Waals surface area contributed by atoms with Crippen LogP contribution in [0.15, 0.2) is 36.7 Å². The van der Waals surface area contributed by atoms with Crippen LogP contribution in [-0.4, -0.2) is 62.6 Å². The standard InChI is InChI=1S/C28H33F2N7O4/c1-28(2,3)41-27(40)35-12-8-17(9-13-35)25(38)33-34-26(39)20-16-31-37-14-10-23(32-24(20)37)36-11-4-5-22(36)19-15-18(29)6-7-21(19)30/h6-7,10,14-17,22H,4-5,8-9,11-13H2,1-3H3,(H,33,38)(H,34,39)/t22-/m1/s1. The molecule has 5 rings (SSSR count). The molecule has 0 unspecified atom stereocenters. The maximum absolute atomic E-state index is 14.5. The summed E-state index contributed by atoms with van der Waals surface area (Å²) in [5.41, 5.74) is 4.96. The van der Waals surface area contributed by atoms with Crippen molar-refractivity contribution in [2.24, 2.45) is 5.92 Å². The van der Waals surface area contributed by atoms with Crippen molar-refractivity contribution in [3.63, 3.8) is 0 Å². The van der Waals surface area contributed by atoms with Crippen LogP contribution >= 0.6 is 0 Å². The number of halogens is 2. The average Bonchev–Trinajstić information content (AvgIpc) is 3.59. The summed E-state index contributed by atoms with van der Waals surface area (Å²) in [5, 5.41) is 4.18. The Morgan fingerprint density at radius 2 is 1.78 bits per heavy atom. The molecule has 0 radical (unpaired) electrons. The molecule has 11 nitrogen and oxygen atoms in total. The molecule has 13 heteroatoms. The number of piperidine rings is 1. The van der Waals surface area contributed by atoms with Crippen molar-refractivity contribution < 1.29 is 27.9 Å². The topological polar surface area (TPSA) is 121 Å². The van der Waals surface area contributed by atoms with Gasteiger partial charge in [-0.05, 0) is 70.7 Å². The molecule has 0 spiro atoms. The molecule has 4 heterocycles. The number of nitrogens with one attached hydrogen (secondary N) is 2. The second-order valence-electron chi connectivity index (χ2n) is 11.3. The van der Waals surface area contributed by atoms with E-state index in [2.05, 4.69) is 20.9 Å². The van der Waals surface area contributed by atoms with E-state index in [9.17, 15) is 23.2 Å². The molecule has 0 bridgehead atoms. The Morgan fingerprint density at radius 3 is 2.51 bits per heavy atom. The summed E-state index contributed by atoms with van der Waals surface area (Å²) < 4.78 is 35.2. The maximum Gasteiger partial charge on any atom is 0.410 e. The summed E-state index contributed by atoms with van der Waals surface area (Å²) in [6.45, 7) is 6.72. The van der Waals surface area contributed by atoms with Crippen LogP contribution in [0.3, 0.4) is 0 Å². The van der Waals surface area contributed by atoms with Crippen LogP contribution < -0.4 is 15.8 Å². The highest BCUT2D eigenvalue weighted by Gasteiger charge is 2.32. The number of carbonyl (C=O) groups is 3. The number of amides is 3. The number of hydrogen-bond acceptors (Lipinski definition) is 7. The molecule has 41 heavy (non-hydrogen) atoms. The Hall–Kier alpha value is -4.29. The first kappa shape index (κ1) is 28.2. The van der Waals surface area contributed by atoms with E-state index in [1.165, 1.54) is 16.8 Å². The Bertz CT molecular complexity index is 1460. The molecule has 0 saturated carbocycles. The number of nitrogens with zero attached hydrogens (tertiary/aromatic N) is 5. The van der Waals surface area contributed by atoms with Crippen molar-refractivity contribution in [3.05, 3.63) is 59.4 Å². The quantitative estimate of drug-likeness (QED) is 0.459. The lowest BCUT2D eigenvalue weighted by Gasteiger charge is -2.32. The zero-order valence-electron chi connectivity index (χ0n) is 23.2. The first-order chi connectivity index (χ1) is 19.5. The van der Waals surface area contributed by atoms with Crippen LogP contribution in [0.1, 0.15) is 68.4 Å². The minimum atomic E-state index is -0.599. The van der Waals surface area contributed by atoms with E-state index in [4.69, 9.17) is 4.74 Å². The highest BCUT2D eigenvalue weighted by atomic mass is 19.1. The van der Waals surface area contributed by atoms with E-state index in [1.54, 1.807) is 37.9 Å². The largest absolute Gasteiger partial charge is 0.444 e. The minimum Gasteiger partial charge on any atom is -0.444 e. The van der Waals surface area contributed by atoms with Gasteiger partial charge in [-0.2, -0.15) is 5.10 Å². The fraction of sp³-hybridized carbons (Fsp3) is 0.464. The van der Waals surface area contributed by atoms with Gasteiger partial charge in [0.1, 0.15) is 28.6 Å². The summed E-state index contributed by atoms with van der Waals surface area (Å²) in [4.78, 5) is 46.1. The van der Waals surface area contributed by atoms with Crippen molar-refractivity contribution in [1.29, 1.82) is 0 Å². The summed E-state index contributed by atoms with van der Waals surface area (Å²) in [5.74, 6) is -1.83. The normalized spacial score (nSPS) is 18.0. The number of aromatic nitrogens is 3. The molecular formula is C28H33F2N7O4. The van der Waals surface area contributed by atoms with Gasteiger partial charge in [0.25, 0.3) is 5.91 Å². The minimum absolute atomic E-state index is 0.138. The molecule has 2 fully saturated rings. The van der Waals surface area contributed by atoms with Gasteiger partial charge < -0.3 is 14.5 Å². The molecule has 2 aromatic heterocycles. The highest BCUT2D eigenvalue weighted by molar-refractivity contribution is 6.00. The Kier molecular flexibility index (Phi) is 7.78. The van der Waals surface area contributed by atoms with Gasteiger partial charge in [0.15, 0.2) is 5.65 Å². The Labute approximate surface area is 235 Å². The summed E-state index contributed by atoms with van der Waals surface area (Å²) in [7, 11) is 0. The monoisotopic (exact) mass is 569 g/mol. The number of carbonyl (C=O) groups excluding carboxylic acids is 3. The molecular weight excluding hydrogens is 536 g/mol. The van der Waals surface area contributed by atoms with E-state index in [0.29, 0.717) is 44.7 Å². The third-order valence-corrected chi connectivity index (χ3v) is 7.28. The van der Waals surface area contributed by atoms with Crippen LogP contribution in [0.2, 0.25) is 0 Å². The predicted molar refractivity (Wildman–Crippen MR) is 145 cm³/mol. The number of hydrogen-bond donors (Lipinski definition) is 2. The fourth-order valence-corrected chi connectivity index (χ4v) is 5.25. The van der Waals surface area contributed by atoms with Crippen LogP contribution in [0.4, 0.5) is 19.4 Å². The number of likely N-dealkylation sites (tertiary alicyclic amines) is 1. The van der Waals surface area contributed by atoms with E-state index < -0.39 is 35.3 Å². The summed E-state index contributed by atoms with van der Waals surface area (Å²) >= 11 is 0. The number of rotatable bonds is 4. The highest BCUT2D eigenvalue weighted by Crippen LogP contribution is 2.37. The van der Waals surface area contributed by atoms with Gasteiger partial charge in [-0.15, -0.1) is 0 Å². The zero-order valence-corrected chi connectivity index (χ0v) is 23.2. The number of anilines is 1. The fourth-order valence-electron chi connectivity index (χ4n) is 5.25. The van der Waals surface area contributed by atoms with Crippen LogP contribution in [0, 0.1) is 17.6 Å². The lowest BCUT2D eigenvalue weighted by atomic mass is 9.96. The Morgan fingerprint density at radius 1 is 1.02 bits per heavy atom. The summed E-state index contributed by atoms with van der Waals surface area (Å²) in [6, 6.07) is 4.73. The second-order valence-corrected chi connectivity index (χ2v) is 11.3. The first-order valence-corrected chi connectivity index (χ1v) is 13.6. The van der Waals surface area contributed by atoms with Gasteiger partial charge in [-0.25, -0.2) is 23.1 Å². The van der Waals surface area contributed by atoms with E-state index in [1.807, 2.05) is 4.90 Å². The molecule has 3 amide bonds. The van der Waals surface area contributed by atoms with Crippen molar-refractivity contribution in [3.8, 4) is 0 Å². The first-order valence-electron chi connectivity index (χ1n) is 13.6. The van der Waals surface area contributed by atoms with Crippen molar-refractivity contribution in [1.82, 2.24) is 30.3 Å². The average molecular weight is 570 g/mol. The molecule has 2 N–H and O–H groups in total. The van der Waals surface area contributed by atoms with Crippen molar-refractivity contribution >= 4 is 29.4 Å². The molecule has 2 aliphatic rings. The zero-order chi connectivity index (χ0) is 29.3. The van der Waals surface area contributed by atoms with Crippen molar-refractivity contribution in [2.45, 2.75) is 58.1 Å². The molecule has 1 atom stereocenters. The molecule has 1 aromatic carbocycles. The van der Waals surface area contributed by atoms with Crippen molar-refractivity contribution in [2.75, 3.05) is 24.5 Å². The molecule has 2 saturated heterocycles. The van der Waals surface area contributed by atoms with Gasteiger partial charge in [-0.3, -0.25) is 20.4 Å². The van der Waals surface area contributed by atoms with Crippen LogP contribution in [0.5, 0.6) is 0 Å². The SMILES string of the molecule is CC(C)(C)OC(=O)N1CCC(C(=O)NNC(=O)c2cnn3ccc(N4CCC[C@@H]4c4cc(F)ccc4F)nc23)CC1. The van der Waals surface area contributed by atoms with Gasteiger partial charge in [0.2, 0.25) is 5.91 Å². The lowest BCUT2D eigenvalue weighted by molar-refractivity contribution is -0.127.